The molecule has 0 aliphatic heterocycles. The standard InChI is InChI=1S/C13H14BrNO/c1-9(16)3-4-10-8-15(2)13-6-5-11(14)7-12(10)13/h5-8H,3-4H2,1-2H3. The maximum Gasteiger partial charge on any atom is 0.130 e. The van der Waals surface area contributed by atoms with E-state index >= 15 is 0 Å². The molecule has 1 aromatic carbocycles. The molecule has 3 heteroatoms. The number of nitrogens with zero attached hydrogens (tertiary/aromatic N) is 1. The van der Waals surface area contributed by atoms with Crippen molar-refractivity contribution in [3.63, 3.8) is 0 Å². The lowest BCUT2D eigenvalue weighted by molar-refractivity contribution is -0.116. The van der Waals surface area contributed by atoms with Crippen LogP contribution in [0.15, 0.2) is 28.9 Å². The molecule has 0 fully saturated rings. The van der Waals surface area contributed by atoms with E-state index in [0.717, 1.165) is 10.9 Å². The molecule has 0 aliphatic rings. The molecule has 0 amide bonds. The fraction of sp³-hybridized carbons (Fsp3) is 0.308. The van der Waals surface area contributed by atoms with Gasteiger partial charge in [0.1, 0.15) is 5.78 Å². The average molecular weight is 280 g/mol. The molecule has 2 rings (SSSR count). The van der Waals surface area contributed by atoms with Crippen LogP contribution < -0.4 is 0 Å². The fourth-order valence-electron chi connectivity index (χ4n) is 1.96. The number of hydrogen-bond donors (Lipinski definition) is 0. The van der Waals surface area contributed by atoms with Gasteiger partial charge in [0.05, 0.1) is 0 Å². The van der Waals surface area contributed by atoms with Crippen LogP contribution in [0.25, 0.3) is 10.9 Å². The Bertz CT molecular complexity index is 542. The first-order valence-electron chi connectivity index (χ1n) is 5.31. The number of halogens is 1. The van der Waals surface area contributed by atoms with Crippen molar-refractivity contribution in [2.45, 2.75) is 19.8 Å². The zero-order chi connectivity index (χ0) is 11.7. The summed E-state index contributed by atoms with van der Waals surface area (Å²) < 4.78 is 3.19. The number of Topliss-reactive ketones (excluding diaryl/α,β-unsaturated/α-hetero) is 1. The van der Waals surface area contributed by atoms with E-state index in [-0.39, 0.29) is 5.78 Å². The number of aromatic nitrogens is 1. The van der Waals surface area contributed by atoms with E-state index in [1.807, 2.05) is 13.1 Å². The zero-order valence-corrected chi connectivity index (χ0v) is 11.0. The first kappa shape index (κ1) is 11.4. The highest BCUT2D eigenvalue weighted by molar-refractivity contribution is 9.10. The van der Waals surface area contributed by atoms with Crippen LogP contribution in [-0.2, 0) is 18.3 Å². The Hall–Kier alpha value is -1.09. The number of carbonyl (C=O) groups is 1. The summed E-state index contributed by atoms with van der Waals surface area (Å²) >= 11 is 3.48. The molecular weight excluding hydrogens is 266 g/mol. The number of carbonyl (C=O) groups excluding carboxylic acids is 1. The molecule has 1 aromatic heterocycles. The van der Waals surface area contributed by atoms with Crippen LogP contribution in [-0.4, -0.2) is 10.4 Å². The lowest BCUT2D eigenvalue weighted by Crippen LogP contribution is -1.93. The molecule has 0 radical (unpaired) electrons. The van der Waals surface area contributed by atoms with E-state index in [2.05, 4.69) is 38.8 Å². The normalized spacial score (nSPS) is 10.9. The van der Waals surface area contributed by atoms with Gasteiger partial charge in [-0.05, 0) is 37.1 Å². The molecule has 84 valence electrons. The predicted octanol–water partition coefficient (Wildman–Crippen LogP) is 3.46. The number of ketones is 1. The number of benzene rings is 1. The molecule has 0 aliphatic carbocycles. The second-order valence-corrected chi connectivity index (χ2v) is 5.04. The van der Waals surface area contributed by atoms with Crippen LogP contribution in [0.3, 0.4) is 0 Å². The van der Waals surface area contributed by atoms with Gasteiger partial charge in [-0.25, -0.2) is 0 Å². The minimum atomic E-state index is 0.243. The van der Waals surface area contributed by atoms with Crippen molar-refractivity contribution in [2.75, 3.05) is 0 Å². The topological polar surface area (TPSA) is 22.0 Å². The lowest BCUT2D eigenvalue weighted by Gasteiger charge is -1.98. The van der Waals surface area contributed by atoms with Crippen molar-refractivity contribution in [1.29, 1.82) is 0 Å². The van der Waals surface area contributed by atoms with E-state index in [4.69, 9.17) is 0 Å². The van der Waals surface area contributed by atoms with Crippen LogP contribution in [0.1, 0.15) is 18.9 Å². The molecule has 2 nitrogen and oxygen atoms in total. The van der Waals surface area contributed by atoms with Crippen molar-refractivity contribution < 1.29 is 4.79 Å². The summed E-state index contributed by atoms with van der Waals surface area (Å²) in [6, 6.07) is 6.25. The van der Waals surface area contributed by atoms with Gasteiger partial charge in [0.2, 0.25) is 0 Å². The van der Waals surface area contributed by atoms with Crippen molar-refractivity contribution in [1.82, 2.24) is 4.57 Å². The number of rotatable bonds is 3. The molecule has 0 bridgehead atoms. The maximum atomic E-state index is 11.0. The van der Waals surface area contributed by atoms with Crippen LogP contribution in [0.5, 0.6) is 0 Å². The molecular formula is C13H14BrNO. The molecule has 1 heterocycles. The Balaban J connectivity index is 2.44. The molecule has 2 aromatic rings. The van der Waals surface area contributed by atoms with Gasteiger partial charge in [0.15, 0.2) is 0 Å². The molecule has 0 saturated carbocycles. The molecule has 16 heavy (non-hydrogen) atoms. The minimum Gasteiger partial charge on any atom is -0.350 e. The van der Waals surface area contributed by atoms with Gasteiger partial charge in [0, 0.05) is 35.0 Å². The van der Waals surface area contributed by atoms with Crippen LogP contribution in [0, 0.1) is 0 Å². The second kappa shape index (κ2) is 4.42. The van der Waals surface area contributed by atoms with Crippen molar-refractivity contribution in [3.05, 3.63) is 34.4 Å². The molecule has 0 saturated heterocycles. The Morgan fingerprint density at radius 2 is 2.19 bits per heavy atom. The summed E-state index contributed by atoms with van der Waals surface area (Å²) in [7, 11) is 2.04. The zero-order valence-electron chi connectivity index (χ0n) is 9.46. The van der Waals surface area contributed by atoms with Gasteiger partial charge < -0.3 is 9.36 Å². The maximum absolute atomic E-state index is 11.0. The predicted molar refractivity (Wildman–Crippen MR) is 69.6 cm³/mol. The third-order valence-electron chi connectivity index (χ3n) is 2.78. The number of hydrogen-bond acceptors (Lipinski definition) is 1. The number of aryl methyl sites for hydroxylation is 2. The monoisotopic (exact) mass is 279 g/mol. The summed E-state index contributed by atoms with van der Waals surface area (Å²) in [6.45, 7) is 1.64. The number of fused-ring (bicyclic) bond motifs is 1. The fourth-order valence-corrected chi connectivity index (χ4v) is 2.32. The molecule has 0 atom stereocenters. The first-order chi connectivity index (χ1) is 7.58. The molecule has 0 spiro atoms. The van der Waals surface area contributed by atoms with Crippen molar-refractivity contribution in [3.8, 4) is 0 Å². The quantitative estimate of drug-likeness (QED) is 0.843. The summed E-state index contributed by atoms with van der Waals surface area (Å²) in [4.78, 5) is 11.0. The first-order valence-corrected chi connectivity index (χ1v) is 6.10. The van der Waals surface area contributed by atoms with Crippen LogP contribution in [0.2, 0.25) is 0 Å². The van der Waals surface area contributed by atoms with Crippen molar-refractivity contribution >= 4 is 32.6 Å². The largest absolute Gasteiger partial charge is 0.350 e. The van der Waals surface area contributed by atoms with Gasteiger partial charge in [-0.15, -0.1) is 0 Å². The highest BCUT2D eigenvalue weighted by Crippen LogP contribution is 2.25. The minimum absolute atomic E-state index is 0.243. The second-order valence-electron chi connectivity index (χ2n) is 4.13. The molecule has 0 N–H and O–H groups in total. The smallest absolute Gasteiger partial charge is 0.130 e. The Morgan fingerprint density at radius 3 is 2.88 bits per heavy atom. The SMILES string of the molecule is CC(=O)CCc1cn(C)c2ccc(Br)cc12. The van der Waals surface area contributed by atoms with E-state index < -0.39 is 0 Å². The van der Waals surface area contributed by atoms with E-state index in [1.165, 1.54) is 16.5 Å². The van der Waals surface area contributed by atoms with Gasteiger partial charge >= 0.3 is 0 Å². The van der Waals surface area contributed by atoms with Crippen LogP contribution >= 0.6 is 15.9 Å². The van der Waals surface area contributed by atoms with Gasteiger partial charge in [-0.3, -0.25) is 0 Å². The third kappa shape index (κ3) is 2.19. The Morgan fingerprint density at radius 1 is 1.44 bits per heavy atom. The third-order valence-corrected chi connectivity index (χ3v) is 3.27. The lowest BCUT2D eigenvalue weighted by atomic mass is 10.1. The highest BCUT2D eigenvalue weighted by atomic mass is 79.9. The summed E-state index contributed by atoms with van der Waals surface area (Å²) in [6.07, 6.45) is 3.55. The average Bonchev–Trinajstić information content (AvgIpc) is 2.52. The van der Waals surface area contributed by atoms with E-state index in [0.29, 0.717) is 6.42 Å². The highest BCUT2D eigenvalue weighted by Gasteiger charge is 2.07. The van der Waals surface area contributed by atoms with Gasteiger partial charge in [-0.1, -0.05) is 15.9 Å². The Labute approximate surface area is 103 Å². The van der Waals surface area contributed by atoms with Gasteiger partial charge in [0.25, 0.3) is 0 Å². The summed E-state index contributed by atoms with van der Waals surface area (Å²) in [5, 5.41) is 1.23. The summed E-state index contributed by atoms with van der Waals surface area (Å²) in [5.41, 5.74) is 2.45. The summed E-state index contributed by atoms with van der Waals surface area (Å²) in [5.74, 6) is 0.243. The Kier molecular flexibility index (Phi) is 3.15. The van der Waals surface area contributed by atoms with E-state index in [1.54, 1.807) is 6.92 Å². The van der Waals surface area contributed by atoms with E-state index in [9.17, 15) is 4.79 Å². The van der Waals surface area contributed by atoms with Crippen molar-refractivity contribution in [2.24, 2.45) is 7.05 Å². The van der Waals surface area contributed by atoms with Crippen LogP contribution in [0.4, 0.5) is 0 Å². The van der Waals surface area contributed by atoms with Gasteiger partial charge in [-0.2, -0.15) is 0 Å². The molecule has 0 unspecified atom stereocenters.